The summed E-state index contributed by atoms with van der Waals surface area (Å²) in [5.74, 6) is 0.0640. The maximum absolute atomic E-state index is 11.5. The summed E-state index contributed by atoms with van der Waals surface area (Å²) in [6.07, 6.45) is 0. The summed E-state index contributed by atoms with van der Waals surface area (Å²) >= 11 is 0. The molecule has 0 aliphatic rings. The van der Waals surface area contributed by atoms with Crippen molar-refractivity contribution in [1.82, 2.24) is 9.97 Å². The Hall–Kier alpha value is -3.22. The molecule has 0 aliphatic heterocycles. The van der Waals surface area contributed by atoms with Gasteiger partial charge in [-0.15, -0.1) is 0 Å². The highest BCUT2D eigenvalue weighted by molar-refractivity contribution is 5.94. The number of methoxy groups -OCH3 is 1. The second-order valence-corrected chi connectivity index (χ2v) is 4.62. The Morgan fingerprint density at radius 3 is 2.82 bits per heavy atom. The lowest BCUT2D eigenvalue weighted by atomic mass is 10.2. The van der Waals surface area contributed by atoms with Crippen LogP contribution in [-0.4, -0.2) is 28.0 Å². The van der Waals surface area contributed by atoms with E-state index in [0.29, 0.717) is 28.0 Å². The summed E-state index contributed by atoms with van der Waals surface area (Å²) < 4.78 is 4.67. The van der Waals surface area contributed by atoms with Crippen LogP contribution in [0.5, 0.6) is 0 Å². The highest BCUT2D eigenvalue weighted by atomic mass is 16.6. The molecular weight excluding hydrogens is 286 g/mol. The molecule has 0 bridgehead atoms. The monoisotopic (exact) mass is 297 g/mol. The summed E-state index contributed by atoms with van der Waals surface area (Å²) in [6.45, 7) is 0. The molecule has 0 saturated heterocycles. The number of fused-ring (bicyclic) bond motifs is 1. The SMILES string of the molecule is COC(=O)c1ccc2nc(-c3cccc([N+](=O)[O-])c3)[nH]c2c1. The molecule has 1 aromatic heterocycles. The van der Waals surface area contributed by atoms with Crippen molar-refractivity contribution >= 4 is 22.7 Å². The number of imidazole rings is 1. The molecule has 22 heavy (non-hydrogen) atoms. The van der Waals surface area contributed by atoms with E-state index in [-0.39, 0.29) is 5.69 Å². The molecule has 0 fully saturated rings. The molecule has 7 heteroatoms. The van der Waals surface area contributed by atoms with Crippen molar-refractivity contribution in [2.45, 2.75) is 0 Å². The molecule has 0 amide bonds. The number of nitro benzene ring substituents is 1. The molecule has 0 atom stereocenters. The number of non-ortho nitro benzene ring substituents is 1. The highest BCUT2D eigenvalue weighted by Gasteiger charge is 2.12. The van der Waals surface area contributed by atoms with E-state index in [1.165, 1.54) is 19.2 Å². The summed E-state index contributed by atoms with van der Waals surface area (Å²) in [5, 5.41) is 10.8. The maximum Gasteiger partial charge on any atom is 0.337 e. The Kier molecular flexibility index (Phi) is 3.30. The van der Waals surface area contributed by atoms with Crippen LogP contribution in [0.3, 0.4) is 0 Å². The van der Waals surface area contributed by atoms with E-state index in [1.807, 2.05) is 0 Å². The lowest BCUT2D eigenvalue weighted by Crippen LogP contribution is -2.00. The maximum atomic E-state index is 11.5. The minimum Gasteiger partial charge on any atom is -0.465 e. The van der Waals surface area contributed by atoms with Gasteiger partial charge in [-0.2, -0.15) is 0 Å². The second-order valence-electron chi connectivity index (χ2n) is 4.62. The first-order chi connectivity index (χ1) is 10.6. The molecule has 3 aromatic rings. The zero-order chi connectivity index (χ0) is 15.7. The van der Waals surface area contributed by atoms with Crippen LogP contribution in [-0.2, 0) is 4.74 Å². The summed E-state index contributed by atoms with van der Waals surface area (Å²) in [6, 6.07) is 11.1. The lowest BCUT2D eigenvalue weighted by molar-refractivity contribution is -0.384. The van der Waals surface area contributed by atoms with Gasteiger partial charge in [-0.3, -0.25) is 10.1 Å². The van der Waals surface area contributed by atoms with E-state index in [2.05, 4.69) is 14.7 Å². The number of hydrogen-bond donors (Lipinski definition) is 1. The van der Waals surface area contributed by atoms with Crippen LogP contribution < -0.4 is 0 Å². The van der Waals surface area contributed by atoms with E-state index in [1.54, 1.807) is 30.3 Å². The van der Waals surface area contributed by atoms with Gasteiger partial charge >= 0.3 is 5.97 Å². The van der Waals surface area contributed by atoms with Gasteiger partial charge in [0.2, 0.25) is 0 Å². The molecule has 3 rings (SSSR count). The molecule has 7 nitrogen and oxygen atoms in total. The molecule has 0 unspecified atom stereocenters. The van der Waals surface area contributed by atoms with Crippen LogP contribution in [0.25, 0.3) is 22.4 Å². The number of nitrogens with one attached hydrogen (secondary N) is 1. The van der Waals surface area contributed by atoms with Crippen LogP contribution in [0.1, 0.15) is 10.4 Å². The van der Waals surface area contributed by atoms with Gasteiger partial charge in [0.25, 0.3) is 5.69 Å². The van der Waals surface area contributed by atoms with Crippen LogP contribution in [0.4, 0.5) is 5.69 Å². The quantitative estimate of drug-likeness (QED) is 0.455. The van der Waals surface area contributed by atoms with Crippen molar-refractivity contribution in [1.29, 1.82) is 0 Å². The number of rotatable bonds is 3. The molecular formula is C15H11N3O4. The van der Waals surface area contributed by atoms with E-state index in [9.17, 15) is 14.9 Å². The van der Waals surface area contributed by atoms with Crippen molar-refractivity contribution < 1.29 is 14.5 Å². The molecule has 0 aliphatic carbocycles. The zero-order valence-corrected chi connectivity index (χ0v) is 11.6. The van der Waals surface area contributed by atoms with E-state index >= 15 is 0 Å². The van der Waals surface area contributed by atoms with Crippen LogP contribution >= 0.6 is 0 Å². The Bertz CT molecular complexity index is 885. The molecule has 110 valence electrons. The number of aromatic amines is 1. The highest BCUT2D eigenvalue weighted by Crippen LogP contribution is 2.24. The van der Waals surface area contributed by atoms with Crippen molar-refractivity contribution in [2.24, 2.45) is 0 Å². The smallest absolute Gasteiger partial charge is 0.337 e. The number of H-pyrrole nitrogens is 1. The zero-order valence-electron chi connectivity index (χ0n) is 11.6. The van der Waals surface area contributed by atoms with E-state index in [0.717, 1.165) is 0 Å². The first-order valence-corrected chi connectivity index (χ1v) is 6.41. The number of carbonyl (C=O) groups excluding carboxylic acids is 1. The fourth-order valence-electron chi connectivity index (χ4n) is 2.16. The predicted octanol–water partition coefficient (Wildman–Crippen LogP) is 2.92. The third-order valence-electron chi connectivity index (χ3n) is 3.23. The van der Waals surface area contributed by atoms with E-state index in [4.69, 9.17) is 0 Å². The number of aromatic nitrogens is 2. The molecule has 1 N–H and O–H groups in total. The number of benzene rings is 2. The standard InChI is InChI=1S/C15H11N3O4/c1-22-15(19)10-5-6-12-13(8-10)17-14(16-12)9-3-2-4-11(7-9)18(20)21/h2-8H,1H3,(H,16,17). The fraction of sp³-hybridized carbons (Fsp3) is 0.0667. The average molecular weight is 297 g/mol. The third-order valence-corrected chi connectivity index (χ3v) is 3.23. The van der Waals surface area contributed by atoms with Gasteiger partial charge in [0.05, 0.1) is 28.6 Å². The fourth-order valence-corrected chi connectivity index (χ4v) is 2.16. The van der Waals surface area contributed by atoms with Gasteiger partial charge in [-0.05, 0) is 18.2 Å². The normalized spacial score (nSPS) is 10.6. The molecule has 0 radical (unpaired) electrons. The number of ether oxygens (including phenoxy) is 1. The molecule has 0 saturated carbocycles. The Morgan fingerprint density at radius 1 is 1.27 bits per heavy atom. The van der Waals surface area contributed by atoms with Gasteiger partial charge in [-0.25, -0.2) is 9.78 Å². The van der Waals surface area contributed by atoms with E-state index < -0.39 is 10.9 Å². The summed E-state index contributed by atoms with van der Waals surface area (Å²) in [7, 11) is 1.31. The topological polar surface area (TPSA) is 98.1 Å². The van der Waals surface area contributed by atoms with Crippen molar-refractivity contribution in [3.8, 4) is 11.4 Å². The molecule has 2 aromatic carbocycles. The third kappa shape index (κ3) is 2.39. The Morgan fingerprint density at radius 2 is 2.09 bits per heavy atom. The largest absolute Gasteiger partial charge is 0.465 e. The first kappa shape index (κ1) is 13.7. The summed E-state index contributed by atoms with van der Waals surface area (Å²) in [5.41, 5.74) is 2.32. The second kappa shape index (κ2) is 5.28. The average Bonchev–Trinajstić information content (AvgIpc) is 2.97. The van der Waals surface area contributed by atoms with Gasteiger partial charge in [0.15, 0.2) is 0 Å². The number of hydrogen-bond acceptors (Lipinski definition) is 5. The Balaban J connectivity index is 2.07. The van der Waals surface area contributed by atoms with Gasteiger partial charge in [0.1, 0.15) is 5.82 Å². The lowest BCUT2D eigenvalue weighted by Gasteiger charge is -1.97. The molecule has 0 spiro atoms. The number of carbonyl (C=O) groups is 1. The van der Waals surface area contributed by atoms with Crippen LogP contribution in [0, 0.1) is 10.1 Å². The van der Waals surface area contributed by atoms with Crippen molar-refractivity contribution in [2.75, 3.05) is 7.11 Å². The van der Waals surface area contributed by atoms with Crippen LogP contribution in [0.15, 0.2) is 42.5 Å². The van der Waals surface area contributed by atoms with Gasteiger partial charge < -0.3 is 9.72 Å². The minimum absolute atomic E-state index is 0.00629. The number of nitro groups is 1. The van der Waals surface area contributed by atoms with Crippen molar-refractivity contribution in [3.05, 3.63) is 58.1 Å². The number of esters is 1. The van der Waals surface area contributed by atoms with Crippen molar-refractivity contribution in [3.63, 3.8) is 0 Å². The van der Waals surface area contributed by atoms with Crippen LogP contribution in [0.2, 0.25) is 0 Å². The number of nitrogens with zero attached hydrogens (tertiary/aromatic N) is 2. The summed E-state index contributed by atoms with van der Waals surface area (Å²) in [4.78, 5) is 29.3. The minimum atomic E-state index is -0.457. The Labute approximate surface area is 124 Å². The van der Waals surface area contributed by atoms with Gasteiger partial charge in [0, 0.05) is 17.7 Å². The molecule has 1 heterocycles. The van der Waals surface area contributed by atoms with Gasteiger partial charge in [-0.1, -0.05) is 12.1 Å². The first-order valence-electron chi connectivity index (χ1n) is 6.41. The predicted molar refractivity (Wildman–Crippen MR) is 79.5 cm³/mol.